The van der Waals surface area contributed by atoms with Gasteiger partial charge in [-0.25, -0.2) is 0 Å². The second-order valence-corrected chi connectivity index (χ2v) is 8.02. The van der Waals surface area contributed by atoms with Gasteiger partial charge in [0.1, 0.15) is 5.75 Å². The molecule has 5 heteroatoms. The first-order chi connectivity index (χ1) is 12.1. The van der Waals surface area contributed by atoms with Crippen molar-refractivity contribution in [2.75, 3.05) is 20.2 Å². The van der Waals surface area contributed by atoms with Crippen LogP contribution in [-0.4, -0.2) is 36.3 Å². The van der Waals surface area contributed by atoms with Gasteiger partial charge in [0.2, 0.25) is 5.91 Å². The number of carbonyl (C=O) groups is 1. The van der Waals surface area contributed by atoms with Crippen molar-refractivity contribution in [3.63, 3.8) is 0 Å². The highest BCUT2D eigenvalue weighted by Crippen LogP contribution is 2.33. The molecule has 0 aromatic heterocycles. The molecule has 3 nitrogen and oxygen atoms in total. The fourth-order valence-corrected chi connectivity index (χ4v) is 4.38. The average molecular weight is 376 g/mol. The number of nitrogens with zero attached hydrogens (tertiary/aromatic N) is 1. The quantitative estimate of drug-likeness (QED) is 0.700. The standard InChI is InChI=1S/C20H22ClNO2S/c1-14(25-19-6-4-3-5-18(19)21)20(23)22-12-11-16(13-22)15-7-9-17(24-2)10-8-15/h3-10,14,16H,11-13H2,1-2H3. The van der Waals surface area contributed by atoms with E-state index in [4.69, 9.17) is 16.3 Å². The zero-order valence-electron chi connectivity index (χ0n) is 14.4. The molecule has 0 saturated carbocycles. The molecule has 1 amide bonds. The minimum atomic E-state index is -0.144. The molecule has 0 radical (unpaired) electrons. The third-order valence-electron chi connectivity index (χ3n) is 4.58. The Morgan fingerprint density at radius 2 is 1.96 bits per heavy atom. The summed E-state index contributed by atoms with van der Waals surface area (Å²) < 4.78 is 5.21. The van der Waals surface area contributed by atoms with E-state index in [9.17, 15) is 4.79 Å². The average Bonchev–Trinajstić information content (AvgIpc) is 3.13. The molecule has 1 aliphatic heterocycles. The normalized spacial score (nSPS) is 18.2. The highest BCUT2D eigenvalue weighted by atomic mass is 35.5. The van der Waals surface area contributed by atoms with Crippen LogP contribution in [0.15, 0.2) is 53.4 Å². The Morgan fingerprint density at radius 3 is 2.64 bits per heavy atom. The molecule has 3 rings (SSSR count). The Balaban J connectivity index is 1.60. The molecular weight excluding hydrogens is 354 g/mol. The van der Waals surface area contributed by atoms with Gasteiger partial charge in [-0.15, -0.1) is 11.8 Å². The summed E-state index contributed by atoms with van der Waals surface area (Å²) in [6.07, 6.45) is 1.00. The number of carbonyl (C=O) groups excluding carboxylic acids is 1. The van der Waals surface area contributed by atoms with Crippen molar-refractivity contribution in [3.05, 3.63) is 59.1 Å². The van der Waals surface area contributed by atoms with E-state index in [0.717, 1.165) is 30.2 Å². The van der Waals surface area contributed by atoms with E-state index in [1.807, 2.05) is 48.2 Å². The molecular formula is C20H22ClNO2S. The number of rotatable bonds is 5. The van der Waals surface area contributed by atoms with Gasteiger partial charge in [0, 0.05) is 23.9 Å². The number of amides is 1. The number of halogens is 1. The van der Waals surface area contributed by atoms with Crippen molar-refractivity contribution in [1.29, 1.82) is 0 Å². The second kappa shape index (κ2) is 8.15. The first kappa shape index (κ1) is 18.2. The molecule has 132 valence electrons. The lowest BCUT2D eigenvalue weighted by Gasteiger charge is -2.21. The third-order valence-corrected chi connectivity index (χ3v) is 6.18. The van der Waals surface area contributed by atoms with Crippen molar-refractivity contribution < 1.29 is 9.53 Å². The van der Waals surface area contributed by atoms with Crippen LogP contribution in [0.5, 0.6) is 5.75 Å². The van der Waals surface area contributed by atoms with Gasteiger partial charge in [-0.05, 0) is 43.2 Å². The first-order valence-electron chi connectivity index (χ1n) is 8.42. The summed E-state index contributed by atoms with van der Waals surface area (Å²) in [5.74, 6) is 1.44. The third kappa shape index (κ3) is 4.31. The number of ether oxygens (including phenoxy) is 1. The van der Waals surface area contributed by atoms with Crippen molar-refractivity contribution in [2.24, 2.45) is 0 Å². The summed E-state index contributed by atoms with van der Waals surface area (Å²) in [6, 6.07) is 15.8. The molecule has 25 heavy (non-hydrogen) atoms. The van der Waals surface area contributed by atoms with Crippen LogP contribution in [0.1, 0.15) is 24.8 Å². The largest absolute Gasteiger partial charge is 0.497 e. The van der Waals surface area contributed by atoms with Crippen LogP contribution in [-0.2, 0) is 4.79 Å². The van der Waals surface area contributed by atoms with E-state index >= 15 is 0 Å². The van der Waals surface area contributed by atoms with Crippen LogP contribution in [0.3, 0.4) is 0 Å². The minimum absolute atomic E-state index is 0.144. The summed E-state index contributed by atoms with van der Waals surface area (Å²) in [4.78, 5) is 15.7. The highest BCUT2D eigenvalue weighted by molar-refractivity contribution is 8.00. The molecule has 0 spiro atoms. The zero-order chi connectivity index (χ0) is 17.8. The Kier molecular flexibility index (Phi) is 5.92. The summed E-state index contributed by atoms with van der Waals surface area (Å²) in [5.41, 5.74) is 1.27. The topological polar surface area (TPSA) is 29.5 Å². The number of thioether (sulfide) groups is 1. The smallest absolute Gasteiger partial charge is 0.235 e. The Bertz CT molecular complexity index is 735. The first-order valence-corrected chi connectivity index (χ1v) is 9.68. The van der Waals surface area contributed by atoms with Gasteiger partial charge in [0.05, 0.1) is 17.4 Å². The van der Waals surface area contributed by atoms with Crippen molar-refractivity contribution in [1.82, 2.24) is 4.90 Å². The Labute approximate surface area is 158 Å². The number of methoxy groups -OCH3 is 1. The van der Waals surface area contributed by atoms with E-state index < -0.39 is 0 Å². The van der Waals surface area contributed by atoms with Crippen LogP contribution in [0.2, 0.25) is 5.02 Å². The van der Waals surface area contributed by atoms with Crippen LogP contribution >= 0.6 is 23.4 Å². The molecule has 2 aromatic rings. The van der Waals surface area contributed by atoms with Crippen molar-refractivity contribution in [2.45, 2.75) is 29.4 Å². The van der Waals surface area contributed by atoms with Gasteiger partial charge >= 0.3 is 0 Å². The van der Waals surface area contributed by atoms with Crippen LogP contribution < -0.4 is 4.74 Å². The number of hydrogen-bond donors (Lipinski definition) is 0. The minimum Gasteiger partial charge on any atom is -0.497 e. The van der Waals surface area contributed by atoms with Gasteiger partial charge in [-0.1, -0.05) is 35.9 Å². The van der Waals surface area contributed by atoms with Crippen molar-refractivity contribution in [3.8, 4) is 5.75 Å². The molecule has 1 fully saturated rings. The lowest BCUT2D eigenvalue weighted by atomic mass is 9.98. The fourth-order valence-electron chi connectivity index (χ4n) is 3.15. The molecule has 2 aromatic carbocycles. The van der Waals surface area contributed by atoms with Gasteiger partial charge in [0.25, 0.3) is 0 Å². The predicted octanol–water partition coefficient (Wildman–Crippen LogP) is 4.85. The van der Waals surface area contributed by atoms with E-state index in [1.54, 1.807) is 7.11 Å². The lowest BCUT2D eigenvalue weighted by Crippen LogP contribution is -2.34. The maximum Gasteiger partial charge on any atom is 0.235 e. The van der Waals surface area contributed by atoms with E-state index in [2.05, 4.69) is 12.1 Å². The van der Waals surface area contributed by atoms with Gasteiger partial charge in [-0.2, -0.15) is 0 Å². The Morgan fingerprint density at radius 1 is 1.24 bits per heavy atom. The summed E-state index contributed by atoms with van der Waals surface area (Å²) in [5, 5.41) is 0.555. The fraction of sp³-hybridized carbons (Fsp3) is 0.350. The lowest BCUT2D eigenvalue weighted by molar-refractivity contribution is -0.129. The zero-order valence-corrected chi connectivity index (χ0v) is 16.0. The van der Waals surface area contributed by atoms with E-state index in [-0.39, 0.29) is 11.2 Å². The molecule has 0 N–H and O–H groups in total. The summed E-state index contributed by atoms with van der Waals surface area (Å²) >= 11 is 7.73. The van der Waals surface area contributed by atoms with Crippen LogP contribution in [0.4, 0.5) is 0 Å². The monoisotopic (exact) mass is 375 g/mol. The second-order valence-electron chi connectivity index (χ2n) is 6.23. The predicted molar refractivity (Wildman–Crippen MR) is 104 cm³/mol. The maximum absolute atomic E-state index is 12.8. The van der Waals surface area contributed by atoms with Gasteiger partial charge in [0.15, 0.2) is 0 Å². The molecule has 1 saturated heterocycles. The SMILES string of the molecule is COc1ccc(C2CCN(C(=O)C(C)Sc3ccccc3Cl)C2)cc1. The molecule has 2 atom stereocenters. The molecule has 0 bridgehead atoms. The van der Waals surface area contributed by atoms with Gasteiger partial charge < -0.3 is 9.64 Å². The molecule has 2 unspecified atom stereocenters. The van der Waals surface area contributed by atoms with E-state index in [1.165, 1.54) is 17.3 Å². The van der Waals surface area contributed by atoms with Gasteiger partial charge in [-0.3, -0.25) is 4.79 Å². The van der Waals surface area contributed by atoms with Crippen LogP contribution in [0.25, 0.3) is 0 Å². The number of hydrogen-bond acceptors (Lipinski definition) is 3. The van der Waals surface area contributed by atoms with E-state index in [0.29, 0.717) is 10.9 Å². The number of likely N-dealkylation sites (tertiary alicyclic amines) is 1. The molecule has 0 aliphatic carbocycles. The summed E-state index contributed by atoms with van der Waals surface area (Å²) in [7, 11) is 1.67. The van der Waals surface area contributed by atoms with Crippen molar-refractivity contribution >= 4 is 29.3 Å². The molecule has 1 aliphatic rings. The number of benzene rings is 2. The summed E-state index contributed by atoms with van der Waals surface area (Å²) in [6.45, 7) is 3.54. The highest BCUT2D eigenvalue weighted by Gasteiger charge is 2.30. The van der Waals surface area contributed by atoms with Crippen LogP contribution in [0, 0.1) is 0 Å². The molecule has 1 heterocycles. The maximum atomic E-state index is 12.8. The Hall–Kier alpha value is -1.65.